The number of primary amides is 1. The van der Waals surface area contributed by atoms with E-state index < -0.39 is 31.0 Å². The minimum atomic E-state index is -1.47. The van der Waals surface area contributed by atoms with Gasteiger partial charge in [0.15, 0.2) is 17.9 Å². The number of H-pyrrole nitrogens is 2. The monoisotopic (exact) mass is 1460 g/mol. The summed E-state index contributed by atoms with van der Waals surface area (Å²) < 4.78 is 0.995. The lowest BCUT2D eigenvalue weighted by molar-refractivity contribution is -0.120. The number of hydrogen-bond donors (Lipinski definition) is 7. The molecular weight excluding hydrogens is 1400 g/mol. The van der Waals surface area contributed by atoms with E-state index in [2.05, 4.69) is 72.2 Å². The number of thiazole rings is 4. The molecule has 12 aromatic rings. The van der Waals surface area contributed by atoms with Gasteiger partial charge in [0.05, 0.1) is 71.8 Å². The van der Waals surface area contributed by atoms with Crippen molar-refractivity contribution in [1.29, 1.82) is 0 Å². The number of carbonyl (C=O) groups excluding carboxylic acids is 7. The first-order chi connectivity index (χ1) is 47.9. The van der Waals surface area contributed by atoms with Crippen LogP contribution in [0.15, 0.2) is 172 Å². The molecule has 500 valence electrons. The third kappa shape index (κ3) is 18.1. The Morgan fingerprint density at radius 2 is 0.990 bits per heavy atom. The molecule has 0 spiro atoms. The summed E-state index contributed by atoms with van der Waals surface area (Å²) in [5, 5.41) is 35.6. The summed E-state index contributed by atoms with van der Waals surface area (Å²) in [7, 11) is -1.47. The Morgan fingerprint density at radius 3 is 1.41 bits per heavy atom. The minimum Gasteiger partial charge on any atom is -0.423 e. The molecule has 1 unspecified atom stereocenters. The number of nitrogens with zero attached hydrogens (tertiary/aromatic N) is 7. The molecule has 6 aromatic heterocycles. The Kier molecular flexibility index (Phi) is 21.9. The third-order valence-corrected chi connectivity index (χ3v) is 21.1. The predicted octanol–water partition coefficient (Wildman–Crippen LogP) is 14.7. The van der Waals surface area contributed by atoms with Gasteiger partial charge in [0.25, 0.3) is 5.91 Å². The van der Waals surface area contributed by atoms with Crippen molar-refractivity contribution in [2.24, 2.45) is 5.73 Å². The summed E-state index contributed by atoms with van der Waals surface area (Å²) in [6.45, 7) is 3.05. The van der Waals surface area contributed by atoms with E-state index in [1.165, 1.54) is 95.4 Å². The van der Waals surface area contributed by atoms with Crippen LogP contribution in [0.1, 0.15) is 152 Å². The molecule has 1 aliphatic heterocycles. The number of anilines is 2. The van der Waals surface area contributed by atoms with E-state index in [1.807, 2.05) is 83.6 Å². The number of hydrogen-bond acceptors (Lipinski definition) is 19. The highest BCUT2D eigenvalue weighted by atomic mass is 79.9. The number of imidazole rings is 2. The van der Waals surface area contributed by atoms with Gasteiger partial charge in [-0.15, -0.1) is 45.3 Å². The number of rotatable bonds is 15. The molecule has 0 bridgehead atoms. The van der Waals surface area contributed by atoms with E-state index in [0.29, 0.717) is 52.0 Å². The fourth-order valence-corrected chi connectivity index (χ4v) is 14.8. The topological polar surface area (TPSA) is 322 Å². The number of benzene rings is 6. The average Bonchev–Trinajstić information content (AvgIpc) is 1.65. The third-order valence-electron chi connectivity index (χ3n) is 16.4. The number of halogens is 1. The molecule has 1 saturated heterocycles. The van der Waals surface area contributed by atoms with Gasteiger partial charge in [-0.25, -0.2) is 39.5 Å². The number of nitrogens with two attached hydrogens (primary N) is 1. The number of aldehydes is 1. The Hall–Kier alpha value is -9.87. The van der Waals surface area contributed by atoms with Crippen molar-refractivity contribution in [2.75, 3.05) is 10.2 Å². The second-order valence-corrected chi connectivity index (χ2v) is 28.4. The van der Waals surface area contributed by atoms with Gasteiger partial charge in [-0.05, 0) is 129 Å². The Morgan fingerprint density at radius 1 is 0.566 bits per heavy atom. The van der Waals surface area contributed by atoms with Crippen LogP contribution >= 0.6 is 61.3 Å². The number of urea groups is 2. The molecule has 21 nitrogen and oxygen atoms in total. The first kappa shape index (κ1) is 69.1. The number of carbonyl (C=O) groups is 7. The lowest BCUT2D eigenvalue weighted by Gasteiger charge is -2.22. The van der Waals surface area contributed by atoms with Gasteiger partial charge in [-0.2, -0.15) is 0 Å². The van der Waals surface area contributed by atoms with Gasteiger partial charge in [-0.1, -0.05) is 97.1 Å². The molecule has 99 heavy (non-hydrogen) atoms. The van der Waals surface area contributed by atoms with Crippen LogP contribution in [-0.4, -0.2) is 98.6 Å². The molecule has 7 heterocycles. The molecule has 0 radical (unpaired) electrons. The van der Waals surface area contributed by atoms with Crippen LogP contribution in [0.2, 0.25) is 0 Å². The molecule has 4 aliphatic carbocycles. The number of nitrogens with one attached hydrogen (secondary N) is 4. The maximum atomic E-state index is 12.6. The van der Waals surface area contributed by atoms with Gasteiger partial charge in [0, 0.05) is 89.9 Å². The summed E-state index contributed by atoms with van der Waals surface area (Å²) in [4.78, 5) is 113. The number of ketones is 3. The maximum Gasteiger partial charge on any atom is 0.488 e. The minimum absolute atomic E-state index is 0.0334. The second-order valence-electron chi connectivity index (χ2n) is 24.0. The van der Waals surface area contributed by atoms with Crippen molar-refractivity contribution in [2.45, 2.75) is 94.9 Å². The number of aromatic amines is 2. The molecular formula is C72H64BBrN12O9S4. The number of fused-ring (bicyclic) bond motifs is 2. The molecule has 27 heteroatoms. The predicted molar refractivity (Wildman–Crippen MR) is 391 cm³/mol. The molecule has 5 amide bonds. The fourth-order valence-electron chi connectivity index (χ4n) is 10.3. The van der Waals surface area contributed by atoms with E-state index in [4.69, 9.17) is 20.8 Å². The largest absolute Gasteiger partial charge is 0.488 e. The van der Waals surface area contributed by atoms with Crippen molar-refractivity contribution >= 4 is 149 Å². The average molecular weight is 1460 g/mol. The summed E-state index contributed by atoms with van der Waals surface area (Å²) in [6, 6.07) is 37.7. The van der Waals surface area contributed by atoms with E-state index in [-0.39, 0.29) is 17.5 Å². The van der Waals surface area contributed by atoms with Crippen LogP contribution in [0.3, 0.4) is 0 Å². The summed E-state index contributed by atoms with van der Waals surface area (Å²) in [5.74, 6) is 2.08. The van der Waals surface area contributed by atoms with Crippen LogP contribution in [0.4, 0.5) is 21.0 Å². The van der Waals surface area contributed by atoms with Crippen molar-refractivity contribution in [3.63, 3.8) is 0 Å². The van der Waals surface area contributed by atoms with Crippen molar-refractivity contribution < 1.29 is 43.6 Å². The Balaban J connectivity index is 0.000000118. The first-order valence-corrected chi connectivity index (χ1v) is 36.1. The standard InChI is InChI=1S/C22H17N5O2S.C14H11NO2S.C14H13NOS.C8H9BO3.C8H8N4O.C6H6BrNS/c28-20-19(27(22(29)26-20)15-7-8-16-17(9-15)24-11-23-16)13-3-1-12(2-4-13)18-10-30-21(25-18)14-5-6-14;16-7-13(17)10-3-1-9(2-4-10)12-8-18-14(15-12)11-5-6-11;1-9(16)10-2-4-11(5-3-10)13-8-17-14(15-13)12-6-7-12;1-6(10)7-2-4-8(5-3-7)9(11)12;9-8(13)12-5-1-2-6-7(3-5)11-4-10-6;7-5-3-9-6(8-5)4-1-2-4/h1-4,7-11,14,19H,5-6H2,(H,23,24)(H,26,28,29);1-4,7-8,11H,5-6H2;2-5,8,12H,6-7H2,1H3;2-5,11-12H,1H3;1-4H,(H,10,11)(H3,9,12,13);3-4H,1-2H2. The SMILES string of the molecule is Brc1csc(C2CC2)n1.CC(=O)c1ccc(-c2csc(C3CC3)n2)cc1.CC(=O)c1ccc(B(O)O)cc1.NC(=O)Nc1ccc2nc[nH]c2c1.O=C1NC(=O)N(c2ccc3nc[nH]c3c2)C1c1ccc(-c2csc(C3CC3)n2)cc1.O=CC(=O)c1ccc(-c2csc(C3CC3)n2)cc1. The van der Waals surface area contributed by atoms with Gasteiger partial charge >= 0.3 is 19.2 Å². The van der Waals surface area contributed by atoms with E-state index >= 15 is 0 Å². The summed E-state index contributed by atoms with van der Waals surface area (Å²) in [5.41, 5.74) is 18.5. The van der Waals surface area contributed by atoms with Crippen LogP contribution < -0.4 is 26.7 Å². The van der Waals surface area contributed by atoms with E-state index in [0.717, 1.165) is 77.5 Å². The number of aromatic nitrogens is 8. The van der Waals surface area contributed by atoms with Crippen LogP contribution in [0, 0.1) is 0 Å². The second kappa shape index (κ2) is 31.3. The quantitative estimate of drug-likeness (QED) is 0.0165. The maximum absolute atomic E-state index is 12.6. The van der Waals surface area contributed by atoms with Crippen molar-refractivity contribution in [1.82, 2.24) is 45.2 Å². The number of amides is 5. The summed E-state index contributed by atoms with van der Waals surface area (Å²) >= 11 is 10.2. The molecule has 8 N–H and O–H groups in total. The van der Waals surface area contributed by atoms with Gasteiger partial charge in [0.2, 0.25) is 5.78 Å². The van der Waals surface area contributed by atoms with Gasteiger partial charge in [-0.3, -0.25) is 34.2 Å². The Labute approximate surface area is 592 Å². The van der Waals surface area contributed by atoms with Gasteiger partial charge in [0.1, 0.15) is 10.6 Å². The Bertz CT molecular complexity index is 4880. The smallest absolute Gasteiger partial charge is 0.423 e. The lowest BCUT2D eigenvalue weighted by Crippen LogP contribution is -2.29. The zero-order valence-corrected chi connectivity index (χ0v) is 58.2. The lowest BCUT2D eigenvalue weighted by atomic mass is 9.80. The molecule has 17 rings (SSSR count). The first-order valence-electron chi connectivity index (χ1n) is 31.7. The molecule has 5 fully saturated rings. The van der Waals surface area contributed by atoms with Crippen molar-refractivity contribution in [3.8, 4) is 33.8 Å². The van der Waals surface area contributed by atoms with Crippen molar-refractivity contribution in [3.05, 3.63) is 215 Å². The normalized spacial score (nSPS) is 15.1. The zero-order chi connectivity index (χ0) is 69.3. The highest BCUT2D eigenvalue weighted by molar-refractivity contribution is 9.10. The molecule has 6 aromatic carbocycles. The highest BCUT2D eigenvalue weighted by Crippen LogP contribution is 2.45. The van der Waals surface area contributed by atoms with Crippen LogP contribution in [0.5, 0.6) is 0 Å². The fraction of sp³-hybridized carbons (Fsp3) is 0.208. The molecule has 1 atom stereocenters. The van der Waals surface area contributed by atoms with E-state index in [9.17, 15) is 33.6 Å². The van der Waals surface area contributed by atoms with Crippen LogP contribution in [0.25, 0.3) is 55.8 Å². The van der Waals surface area contributed by atoms with E-state index in [1.54, 1.807) is 113 Å². The van der Waals surface area contributed by atoms with Gasteiger partial charge < -0.3 is 31.1 Å². The summed E-state index contributed by atoms with van der Waals surface area (Å²) in [6.07, 6.45) is 13.8. The zero-order valence-electron chi connectivity index (χ0n) is 53.3. The molecule has 4 saturated carbocycles. The number of imide groups is 1. The van der Waals surface area contributed by atoms with Crippen LogP contribution in [-0.2, 0) is 9.59 Å². The number of Topliss-reactive ketones (excluding diaryl/α,β-unsaturated/α-hetero) is 3. The highest BCUT2D eigenvalue weighted by Gasteiger charge is 2.41. The molecule has 5 aliphatic rings.